The molecule has 0 bridgehead atoms. The Morgan fingerprint density at radius 1 is 1.59 bits per heavy atom. The molecule has 6 heteroatoms. The summed E-state index contributed by atoms with van der Waals surface area (Å²) in [5.41, 5.74) is -0.639. The molecule has 0 saturated carbocycles. The van der Waals surface area contributed by atoms with Crippen molar-refractivity contribution in [2.75, 3.05) is 6.61 Å². The summed E-state index contributed by atoms with van der Waals surface area (Å²) in [6.07, 6.45) is 0.285. The molecule has 0 aliphatic carbocycles. The lowest BCUT2D eigenvalue weighted by molar-refractivity contribution is -0.166. The Balaban J connectivity index is 2.39. The minimum atomic E-state index is -0.931. The van der Waals surface area contributed by atoms with Crippen molar-refractivity contribution >= 4 is 17.9 Å². The van der Waals surface area contributed by atoms with E-state index in [1.807, 2.05) is 0 Å². The van der Waals surface area contributed by atoms with Crippen LogP contribution >= 0.6 is 0 Å². The van der Waals surface area contributed by atoms with Gasteiger partial charge in [0.25, 0.3) is 0 Å². The molecule has 1 unspecified atom stereocenters. The molecule has 1 aliphatic rings. The van der Waals surface area contributed by atoms with Crippen molar-refractivity contribution in [2.24, 2.45) is 0 Å². The lowest BCUT2D eigenvalue weighted by Gasteiger charge is -2.14. The van der Waals surface area contributed by atoms with Crippen LogP contribution in [-0.2, 0) is 28.6 Å². The Kier molecular flexibility index (Phi) is 3.88. The highest BCUT2D eigenvalue weighted by Gasteiger charge is 2.42. The molecule has 1 rings (SSSR count). The summed E-state index contributed by atoms with van der Waals surface area (Å²) >= 11 is 0. The van der Waals surface area contributed by atoms with E-state index in [9.17, 15) is 14.4 Å². The zero-order chi connectivity index (χ0) is 13.1. The van der Waals surface area contributed by atoms with Gasteiger partial charge in [0.15, 0.2) is 6.61 Å². The van der Waals surface area contributed by atoms with E-state index in [0.29, 0.717) is 0 Å². The monoisotopic (exact) mass is 242 g/mol. The Bertz CT molecular complexity index is 357. The molecule has 1 fully saturated rings. The van der Waals surface area contributed by atoms with Gasteiger partial charge in [-0.1, -0.05) is 6.58 Å². The number of esters is 3. The highest BCUT2D eigenvalue weighted by Crippen LogP contribution is 2.27. The molecule has 6 nitrogen and oxygen atoms in total. The SMILES string of the molecule is C=CC(=O)OCC(=O)OC1CC(C)(C)OC1=O. The Morgan fingerprint density at radius 3 is 2.71 bits per heavy atom. The fourth-order valence-corrected chi connectivity index (χ4v) is 1.38. The molecule has 0 radical (unpaired) electrons. The van der Waals surface area contributed by atoms with Crippen LogP contribution in [0.2, 0.25) is 0 Å². The predicted octanol–water partition coefficient (Wildman–Crippen LogP) is 0.353. The van der Waals surface area contributed by atoms with E-state index in [-0.39, 0.29) is 6.42 Å². The minimum Gasteiger partial charge on any atom is -0.457 e. The van der Waals surface area contributed by atoms with Crippen LogP contribution in [0.3, 0.4) is 0 Å². The molecule has 1 aliphatic heterocycles. The molecule has 1 saturated heterocycles. The third-order valence-electron chi connectivity index (χ3n) is 2.09. The molecule has 17 heavy (non-hydrogen) atoms. The third-order valence-corrected chi connectivity index (χ3v) is 2.09. The lowest BCUT2D eigenvalue weighted by Crippen LogP contribution is -2.26. The van der Waals surface area contributed by atoms with Gasteiger partial charge < -0.3 is 14.2 Å². The van der Waals surface area contributed by atoms with Crippen LogP contribution in [0.25, 0.3) is 0 Å². The van der Waals surface area contributed by atoms with Crippen LogP contribution in [0.5, 0.6) is 0 Å². The second kappa shape index (κ2) is 4.99. The predicted molar refractivity (Wildman–Crippen MR) is 55.8 cm³/mol. The zero-order valence-electron chi connectivity index (χ0n) is 9.73. The largest absolute Gasteiger partial charge is 0.457 e. The molecular weight excluding hydrogens is 228 g/mol. The highest BCUT2D eigenvalue weighted by molar-refractivity contribution is 5.85. The quantitative estimate of drug-likeness (QED) is 0.402. The van der Waals surface area contributed by atoms with Gasteiger partial charge in [-0.05, 0) is 13.8 Å². The maximum atomic E-state index is 11.3. The first kappa shape index (κ1) is 13.2. The Hall–Kier alpha value is -1.85. The van der Waals surface area contributed by atoms with E-state index in [1.165, 1.54) is 0 Å². The molecular formula is C11H14O6. The summed E-state index contributed by atoms with van der Waals surface area (Å²) in [5, 5.41) is 0. The van der Waals surface area contributed by atoms with Crippen LogP contribution in [0.1, 0.15) is 20.3 Å². The van der Waals surface area contributed by atoms with E-state index in [4.69, 9.17) is 9.47 Å². The van der Waals surface area contributed by atoms with Crippen molar-refractivity contribution in [3.63, 3.8) is 0 Å². The highest BCUT2D eigenvalue weighted by atomic mass is 16.6. The average Bonchev–Trinajstić information content (AvgIpc) is 2.48. The van der Waals surface area contributed by atoms with Gasteiger partial charge in [-0.2, -0.15) is 0 Å². The van der Waals surface area contributed by atoms with Gasteiger partial charge in [0, 0.05) is 12.5 Å². The van der Waals surface area contributed by atoms with Crippen molar-refractivity contribution in [3.8, 4) is 0 Å². The molecule has 0 aromatic rings. The first-order valence-corrected chi connectivity index (χ1v) is 5.05. The average molecular weight is 242 g/mol. The van der Waals surface area contributed by atoms with E-state index >= 15 is 0 Å². The standard InChI is InChI=1S/C11H14O6/c1-4-8(12)15-6-9(13)16-7-5-11(2,3)17-10(7)14/h4,7H,1,5-6H2,2-3H3. The summed E-state index contributed by atoms with van der Waals surface area (Å²) in [6.45, 7) is 6.06. The second-order valence-corrected chi connectivity index (χ2v) is 4.18. The van der Waals surface area contributed by atoms with Gasteiger partial charge >= 0.3 is 17.9 Å². The maximum absolute atomic E-state index is 11.3. The topological polar surface area (TPSA) is 78.9 Å². The summed E-state index contributed by atoms with van der Waals surface area (Å²) in [4.78, 5) is 33.2. The molecule has 0 amide bonds. The van der Waals surface area contributed by atoms with Crippen molar-refractivity contribution in [1.29, 1.82) is 0 Å². The van der Waals surface area contributed by atoms with Crippen molar-refractivity contribution in [3.05, 3.63) is 12.7 Å². The van der Waals surface area contributed by atoms with Gasteiger partial charge in [0.05, 0.1) is 0 Å². The normalized spacial score (nSPS) is 21.5. The molecule has 0 spiro atoms. The van der Waals surface area contributed by atoms with E-state index in [2.05, 4.69) is 11.3 Å². The molecule has 94 valence electrons. The first-order valence-electron chi connectivity index (χ1n) is 5.05. The molecule has 0 N–H and O–H groups in total. The Labute approximate surface area is 98.5 Å². The molecule has 0 aromatic carbocycles. The summed E-state index contributed by atoms with van der Waals surface area (Å²) < 4.78 is 14.3. The van der Waals surface area contributed by atoms with Crippen LogP contribution in [-0.4, -0.2) is 36.2 Å². The third kappa shape index (κ3) is 3.90. The summed E-state index contributed by atoms with van der Waals surface area (Å²) in [6, 6.07) is 0. The van der Waals surface area contributed by atoms with Gasteiger partial charge in [0.2, 0.25) is 6.10 Å². The van der Waals surface area contributed by atoms with Gasteiger partial charge in [-0.25, -0.2) is 14.4 Å². The molecule has 1 heterocycles. The first-order chi connectivity index (χ1) is 7.84. The lowest BCUT2D eigenvalue weighted by atomic mass is 10.0. The number of carbonyl (C=O) groups excluding carboxylic acids is 3. The fraction of sp³-hybridized carbons (Fsp3) is 0.545. The smallest absolute Gasteiger partial charge is 0.348 e. The summed E-state index contributed by atoms with van der Waals surface area (Å²) in [7, 11) is 0. The van der Waals surface area contributed by atoms with E-state index in [1.54, 1.807) is 13.8 Å². The number of ether oxygens (including phenoxy) is 3. The number of cyclic esters (lactones) is 1. The van der Waals surface area contributed by atoms with Gasteiger partial charge in [-0.3, -0.25) is 0 Å². The Morgan fingerprint density at radius 2 is 2.24 bits per heavy atom. The van der Waals surface area contributed by atoms with E-state index in [0.717, 1.165) is 6.08 Å². The van der Waals surface area contributed by atoms with Crippen molar-refractivity contribution in [2.45, 2.75) is 32.0 Å². The minimum absolute atomic E-state index is 0.285. The van der Waals surface area contributed by atoms with Crippen LogP contribution < -0.4 is 0 Å². The van der Waals surface area contributed by atoms with Crippen LogP contribution in [0.15, 0.2) is 12.7 Å². The maximum Gasteiger partial charge on any atom is 0.348 e. The summed E-state index contributed by atoms with van der Waals surface area (Å²) in [5.74, 6) is -2.10. The van der Waals surface area contributed by atoms with Crippen LogP contribution in [0.4, 0.5) is 0 Å². The molecule has 1 atom stereocenters. The zero-order valence-corrected chi connectivity index (χ0v) is 9.73. The number of hydrogen-bond donors (Lipinski definition) is 0. The number of hydrogen-bond acceptors (Lipinski definition) is 6. The van der Waals surface area contributed by atoms with E-state index < -0.39 is 36.2 Å². The second-order valence-electron chi connectivity index (χ2n) is 4.18. The van der Waals surface area contributed by atoms with Crippen LogP contribution in [0, 0.1) is 0 Å². The van der Waals surface area contributed by atoms with Gasteiger partial charge in [-0.15, -0.1) is 0 Å². The fourth-order valence-electron chi connectivity index (χ4n) is 1.38. The van der Waals surface area contributed by atoms with Crippen molar-refractivity contribution < 1.29 is 28.6 Å². The number of rotatable bonds is 4. The molecule has 0 aromatic heterocycles. The van der Waals surface area contributed by atoms with Gasteiger partial charge in [0.1, 0.15) is 5.60 Å². The number of carbonyl (C=O) groups is 3. The van der Waals surface area contributed by atoms with Crippen molar-refractivity contribution in [1.82, 2.24) is 0 Å².